The molecule has 3 N–H and O–H groups in total. The molecule has 0 unspecified atom stereocenters. The second kappa shape index (κ2) is 6.15. The minimum absolute atomic E-state index is 0.0328. The Kier molecular flexibility index (Phi) is 4.51. The number of thioether (sulfide) groups is 1. The fourth-order valence-corrected chi connectivity index (χ4v) is 2.63. The van der Waals surface area contributed by atoms with Crippen LogP contribution in [0.3, 0.4) is 0 Å². The van der Waals surface area contributed by atoms with Crippen molar-refractivity contribution in [2.75, 3.05) is 18.1 Å². The Hall–Kier alpha value is -1.73. The Bertz CT molecular complexity index is 523. The highest BCUT2D eigenvalue weighted by Crippen LogP contribution is 2.22. The van der Waals surface area contributed by atoms with Crippen LogP contribution in [0, 0.1) is 0 Å². The van der Waals surface area contributed by atoms with Crippen LogP contribution in [0.5, 0.6) is 0 Å². The largest absolute Gasteiger partial charge is 0.480 e. The highest BCUT2D eigenvalue weighted by molar-refractivity contribution is 7.98. The van der Waals surface area contributed by atoms with Gasteiger partial charge in [0.15, 0.2) is 0 Å². The third kappa shape index (κ3) is 3.23. The van der Waals surface area contributed by atoms with E-state index in [4.69, 9.17) is 5.11 Å². The van der Waals surface area contributed by atoms with Gasteiger partial charge in [0, 0.05) is 23.5 Å². The molecule has 0 spiro atoms. The van der Waals surface area contributed by atoms with E-state index in [-0.39, 0.29) is 13.0 Å². The van der Waals surface area contributed by atoms with Gasteiger partial charge in [-0.1, -0.05) is 6.07 Å². The highest BCUT2D eigenvalue weighted by atomic mass is 32.2. The van der Waals surface area contributed by atoms with Crippen LogP contribution in [0.4, 0.5) is 10.5 Å². The number of aliphatic hydroxyl groups is 1. The molecule has 0 aliphatic carbocycles. The van der Waals surface area contributed by atoms with E-state index in [9.17, 15) is 14.7 Å². The van der Waals surface area contributed by atoms with Gasteiger partial charge in [-0.05, 0) is 24.5 Å². The monoisotopic (exact) mass is 296 g/mol. The second-order valence-corrected chi connectivity index (χ2v) is 5.44. The normalized spacial score (nSPS) is 21.8. The average molecular weight is 296 g/mol. The first-order valence-corrected chi connectivity index (χ1v) is 7.36. The number of carboxylic acid groups (broad SMARTS) is 1. The number of rotatable bonds is 3. The van der Waals surface area contributed by atoms with Crippen molar-refractivity contribution in [3.8, 4) is 0 Å². The molecule has 1 aliphatic heterocycles. The number of aliphatic carboxylic acids is 1. The number of likely N-dealkylation sites (tertiary alicyclic amines) is 1. The Labute approximate surface area is 120 Å². The maximum absolute atomic E-state index is 12.1. The molecule has 0 saturated carbocycles. The molecule has 2 atom stereocenters. The zero-order valence-corrected chi connectivity index (χ0v) is 11.8. The van der Waals surface area contributed by atoms with Crippen molar-refractivity contribution >= 4 is 29.4 Å². The van der Waals surface area contributed by atoms with Crippen LogP contribution < -0.4 is 5.32 Å². The lowest BCUT2D eigenvalue weighted by Gasteiger charge is -2.21. The van der Waals surface area contributed by atoms with Gasteiger partial charge in [0.1, 0.15) is 6.04 Å². The van der Waals surface area contributed by atoms with E-state index in [0.717, 1.165) is 9.80 Å². The summed E-state index contributed by atoms with van der Waals surface area (Å²) in [6.45, 7) is 0.0328. The number of nitrogens with zero attached hydrogens (tertiary/aromatic N) is 1. The molecule has 2 amide bonds. The standard InChI is InChI=1S/C13H16N2O4S/c1-20-10-4-2-3-8(5-10)14-13(19)15-7-9(16)6-11(15)12(17)18/h2-5,9,11,16H,6-7H2,1H3,(H,14,19)(H,17,18)/t9-,11+/m1/s1. The fraction of sp³-hybridized carbons (Fsp3) is 0.385. The Morgan fingerprint density at radius 3 is 2.85 bits per heavy atom. The summed E-state index contributed by atoms with van der Waals surface area (Å²) in [7, 11) is 0. The maximum atomic E-state index is 12.1. The van der Waals surface area contributed by atoms with Crippen molar-refractivity contribution in [1.82, 2.24) is 4.90 Å². The molecule has 108 valence electrons. The molecule has 1 aromatic carbocycles. The molecule has 0 bridgehead atoms. The molecule has 6 nitrogen and oxygen atoms in total. The van der Waals surface area contributed by atoms with Gasteiger partial charge in [-0.2, -0.15) is 0 Å². The van der Waals surface area contributed by atoms with Gasteiger partial charge in [-0.25, -0.2) is 9.59 Å². The molecule has 7 heteroatoms. The van der Waals surface area contributed by atoms with Gasteiger partial charge < -0.3 is 20.4 Å². The third-order valence-corrected chi connectivity index (χ3v) is 3.87. The maximum Gasteiger partial charge on any atom is 0.326 e. The molecule has 2 rings (SSSR count). The number of hydrogen-bond donors (Lipinski definition) is 3. The quantitative estimate of drug-likeness (QED) is 0.735. The van der Waals surface area contributed by atoms with Gasteiger partial charge in [0.05, 0.1) is 6.10 Å². The van der Waals surface area contributed by atoms with Crippen molar-refractivity contribution in [2.24, 2.45) is 0 Å². The minimum Gasteiger partial charge on any atom is -0.480 e. The number of anilines is 1. The van der Waals surface area contributed by atoms with E-state index < -0.39 is 24.1 Å². The number of amides is 2. The van der Waals surface area contributed by atoms with Crippen molar-refractivity contribution in [1.29, 1.82) is 0 Å². The number of urea groups is 1. The Morgan fingerprint density at radius 1 is 1.45 bits per heavy atom. The minimum atomic E-state index is -1.10. The lowest BCUT2D eigenvalue weighted by molar-refractivity contribution is -0.141. The van der Waals surface area contributed by atoms with Crippen molar-refractivity contribution in [2.45, 2.75) is 23.5 Å². The van der Waals surface area contributed by atoms with Gasteiger partial charge >= 0.3 is 12.0 Å². The summed E-state index contributed by atoms with van der Waals surface area (Å²) in [5, 5.41) is 21.3. The molecule has 0 radical (unpaired) electrons. The molecular formula is C13H16N2O4S. The van der Waals surface area contributed by atoms with E-state index >= 15 is 0 Å². The van der Waals surface area contributed by atoms with Crippen LogP contribution >= 0.6 is 11.8 Å². The first-order valence-electron chi connectivity index (χ1n) is 6.14. The SMILES string of the molecule is CSc1cccc(NC(=O)N2C[C@H](O)C[C@H]2C(=O)O)c1. The molecule has 1 heterocycles. The van der Waals surface area contributed by atoms with Gasteiger partial charge in [0.2, 0.25) is 0 Å². The van der Waals surface area contributed by atoms with E-state index in [1.54, 1.807) is 17.8 Å². The predicted octanol–water partition coefficient (Wildman–Crippen LogP) is 1.46. The van der Waals surface area contributed by atoms with Crippen LogP contribution in [0.2, 0.25) is 0 Å². The summed E-state index contributed by atoms with van der Waals surface area (Å²) in [5.74, 6) is -1.10. The van der Waals surface area contributed by atoms with Crippen LogP contribution in [0.25, 0.3) is 0 Å². The average Bonchev–Trinajstić information content (AvgIpc) is 2.81. The number of β-amino-alcohol motifs (C(OH)–C–C–N with tert-alkyl or cyclic N) is 1. The van der Waals surface area contributed by atoms with Crippen LogP contribution in [0.1, 0.15) is 6.42 Å². The van der Waals surface area contributed by atoms with Crippen molar-refractivity contribution in [3.05, 3.63) is 24.3 Å². The Morgan fingerprint density at radius 2 is 2.20 bits per heavy atom. The molecule has 1 saturated heterocycles. The number of carbonyl (C=O) groups excluding carboxylic acids is 1. The zero-order chi connectivity index (χ0) is 14.7. The topological polar surface area (TPSA) is 89.9 Å². The summed E-state index contributed by atoms with van der Waals surface area (Å²) in [6.07, 6.45) is 1.20. The summed E-state index contributed by atoms with van der Waals surface area (Å²) < 4.78 is 0. The van der Waals surface area contributed by atoms with Crippen LogP contribution in [-0.2, 0) is 4.79 Å². The molecule has 1 aliphatic rings. The number of carboxylic acids is 1. The van der Waals surface area contributed by atoms with Gasteiger partial charge in [0.25, 0.3) is 0 Å². The molecular weight excluding hydrogens is 280 g/mol. The van der Waals surface area contributed by atoms with E-state index in [0.29, 0.717) is 5.69 Å². The second-order valence-electron chi connectivity index (χ2n) is 4.56. The number of carbonyl (C=O) groups is 2. The number of aliphatic hydroxyl groups excluding tert-OH is 1. The number of nitrogens with one attached hydrogen (secondary N) is 1. The zero-order valence-electron chi connectivity index (χ0n) is 10.9. The van der Waals surface area contributed by atoms with E-state index in [2.05, 4.69) is 5.32 Å². The fourth-order valence-electron chi connectivity index (χ4n) is 2.17. The van der Waals surface area contributed by atoms with Crippen LogP contribution in [-0.4, -0.2) is 52.1 Å². The lowest BCUT2D eigenvalue weighted by atomic mass is 10.2. The summed E-state index contributed by atoms with van der Waals surface area (Å²) in [6, 6.07) is 5.79. The van der Waals surface area contributed by atoms with Gasteiger partial charge in [-0.3, -0.25) is 0 Å². The van der Waals surface area contributed by atoms with Crippen LogP contribution in [0.15, 0.2) is 29.2 Å². The lowest BCUT2D eigenvalue weighted by Crippen LogP contribution is -2.43. The van der Waals surface area contributed by atoms with E-state index in [1.165, 1.54) is 0 Å². The highest BCUT2D eigenvalue weighted by Gasteiger charge is 2.38. The number of benzene rings is 1. The summed E-state index contributed by atoms with van der Waals surface area (Å²) >= 11 is 1.55. The molecule has 1 aromatic rings. The van der Waals surface area contributed by atoms with Crippen molar-refractivity contribution in [3.63, 3.8) is 0 Å². The predicted molar refractivity (Wildman–Crippen MR) is 76.0 cm³/mol. The summed E-state index contributed by atoms with van der Waals surface area (Å²) in [5.41, 5.74) is 0.604. The third-order valence-electron chi connectivity index (χ3n) is 3.15. The van der Waals surface area contributed by atoms with E-state index in [1.807, 2.05) is 24.5 Å². The Balaban J connectivity index is 2.09. The molecule has 1 fully saturated rings. The van der Waals surface area contributed by atoms with Gasteiger partial charge in [-0.15, -0.1) is 11.8 Å². The first kappa shape index (κ1) is 14.7. The first-order chi connectivity index (χ1) is 9.51. The summed E-state index contributed by atoms with van der Waals surface area (Å²) in [4.78, 5) is 25.3. The molecule has 0 aromatic heterocycles. The molecule has 20 heavy (non-hydrogen) atoms. The number of hydrogen-bond acceptors (Lipinski definition) is 4. The smallest absolute Gasteiger partial charge is 0.326 e. The van der Waals surface area contributed by atoms with Crippen molar-refractivity contribution < 1.29 is 19.8 Å².